The third-order valence-electron chi connectivity index (χ3n) is 4.03. The summed E-state index contributed by atoms with van der Waals surface area (Å²) < 4.78 is 0. The van der Waals surface area contributed by atoms with Crippen LogP contribution in [0, 0.1) is 0 Å². The number of rotatable bonds is 5. The van der Waals surface area contributed by atoms with Gasteiger partial charge in [0.25, 0.3) is 5.91 Å². The molecular formula is C18H20N2O2S. The molecule has 1 N–H and O–H groups in total. The molecule has 0 spiro atoms. The van der Waals surface area contributed by atoms with Gasteiger partial charge < -0.3 is 10.2 Å². The van der Waals surface area contributed by atoms with Gasteiger partial charge in [0.1, 0.15) is 0 Å². The van der Waals surface area contributed by atoms with E-state index >= 15 is 0 Å². The SMILES string of the molecule is O=C(CCc1ccsc1)Nc1ccc(C(=O)N2CCCC2)cc1. The van der Waals surface area contributed by atoms with Gasteiger partial charge in [0.15, 0.2) is 0 Å². The van der Waals surface area contributed by atoms with Crippen LogP contribution in [0.5, 0.6) is 0 Å². The number of carbonyl (C=O) groups is 2. The van der Waals surface area contributed by atoms with Crippen LogP contribution in [0.1, 0.15) is 35.2 Å². The molecule has 2 aromatic rings. The number of thiophene rings is 1. The molecule has 1 aliphatic rings. The highest BCUT2D eigenvalue weighted by atomic mass is 32.1. The number of benzene rings is 1. The third kappa shape index (κ3) is 4.20. The first-order valence-electron chi connectivity index (χ1n) is 7.92. The number of amides is 2. The minimum atomic E-state index is -0.00480. The summed E-state index contributed by atoms with van der Waals surface area (Å²) in [5.41, 5.74) is 2.61. The molecule has 2 heterocycles. The number of aryl methyl sites for hydroxylation is 1. The molecule has 23 heavy (non-hydrogen) atoms. The zero-order chi connectivity index (χ0) is 16.1. The Hall–Kier alpha value is -2.14. The molecule has 120 valence electrons. The quantitative estimate of drug-likeness (QED) is 0.912. The van der Waals surface area contributed by atoms with E-state index in [1.165, 1.54) is 5.56 Å². The predicted molar refractivity (Wildman–Crippen MR) is 92.8 cm³/mol. The highest BCUT2D eigenvalue weighted by molar-refractivity contribution is 7.07. The summed E-state index contributed by atoms with van der Waals surface area (Å²) >= 11 is 1.64. The molecule has 1 fully saturated rings. The Bertz CT molecular complexity index is 659. The standard InChI is InChI=1S/C18H20N2O2S/c21-17(8-3-14-9-12-23-13-14)19-16-6-4-15(5-7-16)18(22)20-10-1-2-11-20/h4-7,9,12-13H,1-3,8,10-11H2,(H,19,21). The fourth-order valence-corrected chi connectivity index (χ4v) is 3.42. The fourth-order valence-electron chi connectivity index (χ4n) is 2.72. The predicted octanol–water partition coefficient (Wildman–Crippen LogP) is 3.56. The lowest BCUT2D eigenvalue weighted by Crippen LogP contribution is -2.27. The van der Waals surface area contributed by atoms with Crippen LogP contribution in [-0.4, -0.2) is 29.8 Å². The van der Waals surface area contributed by atoms with E-state index in [4.69, 9.17) is 0 Å². The van der Waals surface area contributed by atoms with E-state index in [0.717, 1.165) is 38.0 Å². The highest BCUT2D eigenvalue weighted by Gasteiger charge is 2.19. The first kappa shape index (κ1) is 15.7. The molecule has 1 aliphatic heterocycles. The second-order valence-electron chi connectivity index (χ2n) is 5.76. The second kappa shape index (κ2) is 7.42. The normalized spacial score (nSPS) is 14.0. The largest absolute Gasteiger partial charge is 0.339 e. The Labute approximate surface area is 140 Å². The van der Waals surface area contributed by atoms with Gasteiger partial charge in [-0.3, -0.25) is 9.59 Å². The summed E-state index contributed by atoms with van der Waals surface area (Å²) in [6.45, 7) is 1.69. The Morgan fingerprint density at radius 3 is 2.48 bits per heavy atom. The summed E-state index contributed by atoms with van der Waals surface area (Å²) in [6, 6.07) is 9.21. The van der Waals surface area contributed by atoms with Crippen LogP contribution >= 0.6 is 11.3 Å². The van der Waals surface area contributed by atoms with Crippen molar-refractivity contribution in [2.24, 2.45) is 0 Å². The maximum Gasteiger partial charge on any atom is 0.253 e. The van der Waals surface area contributed by atoms with Crippen molar-refractivity contribution >= 4 is 28.8 Å². The van der Waals surface area contributed by atoms with Crippen LogP contribution in [0.25, 0.3) is 0 Å². The maximum atomic E-state index is 12.3. The van der Waals surface area contributed by atoms with Crippen molar-refractivity contribution < 1.29 is 9.59 Å². The molecule has 0 saturated carbocycles. The van der Waals surface area contributed by atoms with Crippen molar-refractivity contribution in [3.8, 4) is 0 Å². The van der Waals surface area contributed by atoms with E-state index in [2.05, 4.69) is 10.7 Å². The highest BCUT2D eigenvalue weighted by Crippen LogP contribution is 2.16. The van der Waals surface area contributed by atoms with Gasteiger partial charge in [-0.25, -0.2) is 0 Å². The third-order valence-corrected chi connectivity index (χ3v) is 4.76. The molecule has 0 unspecified atom stereocenters. The molecule has 2 amide bonds. The Morgan fingerprint density at radius 2 is 1.83 bits per heavy atom. The van der Waals surface area contributed by atoms with Crippen molar-refractivity contribution in [3.05, 3.63) is 52.2 Å². The van der Waals surface area contributed by atoms with Crippen molar-refractivity contribution in [1.82, 2.24) is 4.90 Å². The van der Waals surface area contributed by atoms with Crippen LogP contribution in [0.3, 0.4) is 0 Å². The van der Waals surface area contributed by atoms with E-state index in [9.17, 15) is 9.59 Å². The fraction of sp³-hybridized carbons (Fsp3) is 0.333. The lowest BCUT2D eigenvalue weighted by atomic mass is 10.1. The monoisotopic (exact) mass is 328 g/mol. The van der Waals surface area contributed by atoms with Crippen LogP contribution in [-0.2, 0) is 11.2 Å². The number of carbonyl (C=O) groups excluding carboxylic acids is 2. The summed E-state index contributed by atoms with van der Waals surface area (Å²) in [4.78, 5) is 26.1. The first-order valence-corrected chi connectivity index (χ1v) is 8.87. The van der Waals surface area contributed by atoms with Gasteiger partial charge in [0.05, 0.1) is 0 Å². The van der Waals surface area contributed by atoms with Gasteiger partial charge in [-0.15, -0.1) is 0 Å². The van der Waals surface area contributed by atoms with Crippen molar-refractivity contribution in [2.75, 3.05) is 18.4 Å². The molecule has 0 bridgehead atoms. The summed E-state index contributed by atoms with van der Waals surface area (Å²) in [5.74, 6) is 0.0765. The van der Waals surface area contributed by atoms with Gasteiger partial charge in [-0.2, -0.15) is 11.3 Å². The van der Waals surface area contributed by atoms with Crippen LogP contribution in [0.2, 0.25) is 0 Å². The molecule has 1 saturated heterocycles. The molecule has 0 radical (unpaired) electrons. The van der Waals surface area contributed by atoms with Gasteiger partial charge in [0, 0.05) is 30.8 Å². The Kier molecular flexibility index (Phi) is 5.08. The first-order chi connectivity index (χ1) is 11.2. The van der Waals surface area contributed by atoms with E-state index < -0.39 is 0 Å². The van der Waals surface area contributed by atoms with Gasteiger partial charge in [-0.1, -0.05) is 0 Å². The number of hydrogen-bond donors (Lipinski definition) is 1. The number of hydrogen-bond acceptors (Lipinski definition) is 3. The number of nitrogens with zero attached hydrogens (tertiary/aromatic N) is 1. The van der Waals surface area contributed by atoms with Crippen molar-refractivity contribution in [1.29, 1.82) is 0 Å². The van der Waals surface area contributed by atoms with Crippen molar-refractivity contribution in [3.63, 3.8) is 0 Å². The Morgan fingerprint density at radius 1 is 1.09 bits per heavy atom. The number of anilines is 1. The number of likely N-dealkylation sites (tertiary alicyclic amines) is 1. The van der Waals surface area contributed by atoms with E-state index in [1.54, 1.807) is 35.6 Å². The van der Waals surface area contributed by atoms with E-state index in [-0.39, 0.29) is 11.8 Å². The topological polar surface area (TPSA) is 49.4 Å². The summed E-state index contributed by atoms with van der Waals surface area (Å²) in [6.07, 6.45) is 3.39. The minimum absolute atomic E-state index is 0.00480. The maximum absolute atomic E-state index is 12.3. The average molecular weight is 328 g/mol. The minimum Gasteiger partial charge on any atom is -0.339 e. The number of nitrogens with one attached hydrogen (secondary N) is 1. The molecule has 0 aliphatic carbocycles. The molecule has 4 nitrogen and oxygen atoms in total. The van der Waals surface area contributed by atoms with Crippen LogP contribution in [0.15, 0.2) is 41.1 Å². The van der Waals surface area contributed by atoms with Gasteiger partial charge >= 0.3 is 0 Å². The average Bonchev–Trinajstić information content (AvgIpc) is 3.26. The molecule has 1 aromatic carbocycles. The zero-order valence-electron chi connectivity index (χ0n) is 13.0. The van der Waals surface area contributed by atoms with E-state index in [1.807, 2.05) is 16.3 Å². The lowest BCUT2D eigenvalue weighted by Gasteiger charge is -2.15. The smallest absolute Gasteiger partial charge is 0.253 e. The second-order valence-corrected chi connectivity index (χ2v) is 6.54. The molecule has 5 heteroatoms. The van der Waals surface area contributed by atoms with Gasteiger partial charge in [-0.05, 0) is 65.9 Å². The summed E-state index contributed by atoms with van der Waals surface area (Å²) in [5, 5.41) is 6.96. The summed E-state index contributed by atoms with van der Waals surface area (Å²) in [7, 11) is 0. The molecule has 3 rings (SSSR count). The lowest BCUT2D eigenvalue weighted by molar-refractivity contribution is -0.116. The zero-order valence-corrected chi connectivity index (χ0v) is 13.8. The van der Waals surface area contributed by atoms with Gasteiger partial charge in [0.2, 0.25) is 5.91 Å². The molecular weight excluding hydrogens is 308 g/mol. The Balaban J connectivity index is 1.52. The molecule has 1 aromatic heterocycles. The van der Waals surface area contributed by atoms with Crippen LogP contribution < -0.4 is 5.32 Å². The molecule has 0 atom stereocenters. The van der Waals surface area contributed by atoms with E-state index in [0.29, 0.717) is 12.0 Å². The van der Waals surface area contributed by atoms with Crippen LogP contribution in [0.4, 0.5) is 5.69 Å². The van der Waals surface area contributed by atoms with Crippen molar-refractivity contribution in [2.45, 2.75) is 25.7 Å².